The molecule has 0 bridgehead atoms. The van der Waals surface area contributed by atoms with Crippen LogP contribution in [0.2, 0.25) is 5.02 Å². The molecule has 1 aromatic heterocycles. The van der Waals surface area contributed by atoms with Gasteiger partial charge in [0.05, 0.1) is 17.9 Å². The van der Waals surface area contributed by atoms with E-state index in [9.17, 15) is 4.79 Å². The van der Waals surface area contributed by atoms with Crippen molar-refractivity contribution in [1.29, 1.82) is 0 Å². The van der Waals surface area contributed by atoms with Crippen molar-refractivity contribution >= 4 is 17.5 Å². The third-order valence-corrected chi connectivity index (χ3v) is 3.13. The molecule has 1 saturated heterocycles. The van der Waals surface area contributed by atoms with Gasteiger partial charge in [-0.15, -0.1) is 0 Å². The largest absolute Gasteiger partial charge is 0.375 e. The van der Waals surface area contributed by atoms with Crippen LogP contribution < -0.4 is 0 Å². The minimum absolute atomic E-state index is 0.0549. The van der Waals surface area contributed by atoms with Crippen LogP contribution in [0.15, 0.2) is 12.4 Å². The lowest BCUT2D eigenvalue weighted by Crippen LogP contribution is -2.49. The Morgan fingerprint density at radius 2 is 2.17 bits per heavy atom. The number of carbonyl (C=O) groups is 1. The number of piperazine rings is 1. The quantitative estimate of drug-likeness (QED) is 0.790. The molecule has 0 unspecified atom stereocenters. The first-order valence-electron chi connectivity index (χ1n) is 5.86. The number of halogens is 1. The van der Waals surface area contributed by atoms with Gasteiger partial charge in [0.25, 0.3) is 0 Å². The molecular formula is C11H17ClN4O2. The van der Waals surface area contributed by atoms with Crippen LogP contribution in [0.4, 0.5) is 0 Å². The minimum atomic E-state index is 0.0549. The van der Waals surface area contributed by atoms with E-state index in [0.29, 0.717) is 11.7 Å². The zero-order chi connectivity index (χ0) is 13.0. The monoisotopic (exact) mass is 272 g/mol. The van der Waals surface area contributed by atoms with Gasteiger partial charge in [-0.2, -0.15) is 5.10 Å². The summed E-state index contributed by atoms with van der Waals surface area (Å²) < 4.78 is 6.65. The Morgan fingerprint density at radius 3 is 2.72 bits per heavy atom. The second-order valence-corrected chi connectivity index (χ2v) is 4.71. The maximum atomic E-state index is 11.6. The molecule has 1 aliphatic heterocycles. The summed E-state index contributed by atoms with van der Waals surface area (Å²) >= 11 is 5.81. The summed E-state index contributed by atoms with van der Waals surface area (Å²) in [5.74, 6) is 0.0549. The van der Waals surface area contributed by atoms with E-state index in [1.807, 2.05) is 4.90 Å². The number of aromatic nitrogens is 2. The smallest absolute Gasteiger partial charge is 0.248 e. The maximum Gasteiger partial charge on any atom is 0.248 e. The molecule has 1 fully saturated rings. The van der Waals surface area contributed by atoms with E-state index >= 15 is 0 Å². The van der Waals surface area contributed by atoms with Crippen LogP contribution in [0.1, 0.15) is 0 Å². The summed E-state index contributed by atoms with van der Waals surface area (Å²) in [6, 6.07) is 0. The minimum Gasteiger partial charge on any atom is -0.375 e. The van der Waals surface area contributed by atoms with E-state index in [0.717, 1.165) is 26.2 Å². The van der Waals surface area contributed by atoms with E-state index in [1.54, 1.807) is 17.1 Å². The summed E-state index contributed by atoms with van der Waals surface area (Å²) in [7, 11) is 1.54. The highest BCUT2D eigenvalue weighted by Crippen LogP contribution is 2.07. The lowest BCUT2D eigenvalue weighted by Gasteiger charge is -2.34. The first kappa shape index (κ1) is 13.3. The molecule has 1 aliphatic rings. The second-order valence-electron chi connectivity index (χ2n) is 4.27. The number of hydrogen-bond donors (Lipinski definition) is 0. The zero-order valence-electron chi connectivity index (χ0n) is 10.4. The fourth-order valence-corrected chi connectivity index (χ4v) is 2.13. The van der Waals surface area contributed by atoms with Gasteiger partial charge < -0.3 is 9.64 Å². The lowest BCUT2D eigenvalue weighted by atomic mass is 10.3. The van der Waals surface area contributed by atoms with Crippen LogP contribution in [0.5, 0.6) is 0 Å². The number of methoxy groups -OCH3 is 1. The molecule has 0 N–H and O–H groups in total. The van der Waals surface area contributed by atoms with Crippen molar-refractivity contribution in [1.82, 2.24) is 19.6 Å². The average molecular weight is 273 g/mol. The third-order valence-electron chi connectivity index (χ3n) is 2.94. The van der Waals surface area contributed by atoms with Crippen molar-refractivity contribution in [3.63, 3.8) is 0 Å². The van der Waals surface area contributed by atoms with Crippen LogP contribution in [-0.2, 0) is 16.2 Å². The molecule has 0 saturated carbocycles. The SMILES string of the molecule is COCC(=O)N1CCN(Cn2cc(Cl)cn2)CC1. The molecule has 0 radical (unpaired) electrons. The summed E-state index contributed by atoms with van der Waals surface area (Å²) in [4.78, 5) is 15.7. The lowest BCUT2D eigenvalue weighted by molar-refractivity contribution is -0.137. The fourth-order valence-electron chi connectivity index (χ4n) is 1.97. The van der Waals surface area contributed by atoms with Crippen molar-refractivity contribution in [2.24, 2.45) is 0 Å². The van der Waals surface area contributed by atoms with Gasteiger partial charge in [0.15, 0.2) is 0 Å². The molecule has 1 amide bonds. The Kier molecular flexibility index (Phi) is 4.57. The Morgan fingerprint density at radius 1 is 1.44 bits per heavy atom. The van der Waals surface area contributed by atoms with Gasteiger partial charge in [-0.25, -0.2) is 0 Å². The van der Waals surface area contributed by atoms with E-state index in [1.165, 1.54) is 7.11 Å². The van der Waals surface area contributed by atoms with Crippen molar-refractivity contribution in [3.8, 4) is 0 Å². The summed E-state index contributed by atoms with van der Waals surface area (Å²) in [6.45, 7) is 4.02. The van der Waals surface area contributed by atoms with Gasteiger partial charge >= 0.3 is 0 Å². The van der Waals surface area contributed by atoms with Gasteiger partial charge in [-0.3, -0.25) is 14.4 Å². The molecule has 0 spiro atoms. The first-order valence-corrected chi connectivity index (χ1v) is 6.24. The van der Waals surface area contributed by atoms with E-state index in [4.69, 9.17) is 16.3 Å². The Bertz CT molecular complexity index is 402. The van der Waals surface area contributed by atoms with Crippen LogP contribution in [0, 0.1) is 0 Å². The third kappa shape index (κ3) is 3.44. The van der Waals surface area contributed by atoms with Crippen molar-refractivity contribution in [3.05, 3.63) is 17.4 Å². The van der Waals surface area contributed by atoms with Crippen LogP contribution in [0.3, 0.4) is 0 Å². The molecule has 6 nitrogen and oxygen atoms in total. The number of nitrogens with zero attached hydrogens (tertiary/aromatic N) is 4. The highest BCUT2D eigenvalue weighted by atomic mass is 35.5. The zero-order valence-corrected chi connectivity index (χ0v) is 11.1. The summed E-state index contributed by atoms with van der Waals surface area (Å²) in [6.07, 6.45) is 3.42. The highest BCUT2D eigenvalue weighted by Gasteiger charge is 2.20. The first-order chi connectivity index (χ1) is 8.69. The predicted octanol–water partition coefficient (Wildman–Crippen LogP) is 0.285. The molecule has 2 heterocycles. The van der Waals surface area contributed by atoms with Crippen molar-refractivity contribution < 1.29 is 9.53 Å². The Balaban J connectivity index is 1.78. The molecule has 1 aromatic rings. The van der Waals surface area contributed by atoms with Crippen LogP contribution in [0.25, 0.3) is 0 Å². The molecule has 0 aliphatic carbocycles. The molecule has 7 heteroatoms. The van der Waals surface area contributed by atoms with E-state index in [2.05, 4.69) is 10.00 Å². The molecule has 0 aromatic carbocycles. The van der Waals surface area contributed by atoms with Crippen molar-refractivity contribution in [2.75, 3.05) is 39.9 Å². The fraction of sp³-hybridized carbons (Fsp3) is 0.636. The van der Waals surface area contributed by atoms with Gasteiger partial charge in [0.1, 0.15) is 6.61 Å². The standard InChI is InChI=1S/C11H17ClN4O2/c1-18-8-11(17)15-4-2-14(3-5-15)9-16-7-10(12)6-13-16/h6-7H,2-5,8-9H2,1H3. The number of carbonyl (C=O) groups excluding carboxylic acids is 1. The second kappa shape index (κ2) is 6.17. The van der Waals surface area contributed by atoms with Gasteiger partial charge in [0.2, 0.25) is 5.91 Å². The number of amides is 1. The van der Waals surface area contributed by atoms with Gasteiger partial charge in [0, 0.05) is 39.5 Å². The van der Waals surface area contributed by atoms with E-state index in [-0.39, 0.29) is 12.5 Å². The Hall–Kier alpha value is -1.11. The topological polar surface area (TPSA) is 50.6 Å². The van der Waals surface area contributed by atoms with Gasteiger partial charge in [-0.05, 0) is 0 Å². The van der Waals surface area contributed by atoms with Crippen LogP contribution in [-0.4, -0.2) is 65.4 Å². The summed E-state index contributed by atoms with van der Waals surface area (Å²) in [5, 5.41) is 4.78. The Labute approximate surface area is 111 Å². The highest BCUT2D eigenvalue weighted by molar-refractivity contribution is 6.30. The maximum absolute atomic E-state index is 11.6. The number of rotatable bonds is 4. The normalized spacial score (nSPS) is 17.1. The van der Waals surface area contributed by atoms with E-state index < -0.39 is 0 Å². The summed E-state index contributed by atoms with van der Waals surface area (Å²) in [5.41, 5.74) is 0. The molecular weight excluding hydrogens is 256 g/mol. The predicted molar refractivity (Wildman–Crippen MR) is 67.3 cm³/mol. The van der Waals surface area contributed by atoms with Gasteiger partial charge in [-0.1, -0.05) is 11.6 Å². The van der Waals surface area contributed by atoms with Crippen molar-refractivity contribution in [2.45, 2.75) is 6.67 Å². The average Bonchev–Trinajstić information content (AvgIpc) is 2.76. The van der Waals surface area contributed by atoms with Crippen LogP contribution >= 0.6 is 11.6 Å². The molecule has 0 atom stereocenters. The molecule has 2 rings (SSSR count). The number of hydrogen-bond acceptors (Lipinski definition) is 4. The molecule has 100 valence electrons. The number of ether oxygens (including phenoxy) is 1. The molecule has 18 heavy (non-hydrogen) atoms.